The van der Waals surface area contributed by atoms with Crippen LogP contribution in [0.4, 0.5) is 5.69 Å². The van der Waals surface area contributed by atoms with Gasteiger partial charge in [-0.3, -0.25) is 9.59 Å². The molecule has 3 rings (SSSR count). The molecule has 1 unspecified atom stereocenters. The third kappa shape index (κ3) is 3.63. The molecule has 2 aliphatic rings. The number of carbonyl (C=O) groups is 2. The van der Waals surface area contributed by atoms with Gasteiger partial charge in [0.25, 0.3) is 11.8 Å². The summed E-state index contributed by atoms with van der Waals surface area (Å²) in [6.45, 7) is 3.71. The lowest BCUT2D eigenvalue weighted by molar-refractivity contribution is -0.118. The van der Waals surface area contributed by atoms with Gasteiger partial charge in [-0.1, -0.05) is 19.4 Å². The zero-order valence-electron chi connectivity index (χ0n) is 13.3. The molecule has 0 spiro atoms. The van der Waals surface area contributed by atoms with Crippen molar-refractivity contribution in [3.8, 4) is 5.75 Å². The number of ether oxygens (including phenoxy) is 1. The van der Waals surface area contributed by atoms with Gasteiger partial charge in [0.05, 0.1) is 11.3 Å². The van der Waals surface area contributed by atoms with Crippen LogP contribution in [0.1, 0.15) is 36.5 Å². The molecule has 1 saturated heterocycles. The molecular weight excluding hydrogens is 312 g/mol. The molecule has 0 aliphatic carbocycles. The maximum atomic E-state index is 13.0. The minimum Gasteiger partial charge on any atom is -0.482 e. The number of likely N-dealkylation sites (tertiary alicyclic amines) is 1. The van der Waals surface area contributed by atoms with Gasteiger partial charge in [-0.05, 0) is 30.7 Å². The monoisotopic (exact) mass is 334 g/mol. The van der Waals surface area contributed by atoms with Gasteiger partial charge in [0.2, 0.25) is 0 Å². The fourth-order valence-corrected chi connectivity index (χ4v) is 4.20. The number of nitrogens with one attached hydrogen (secondary N) is 1. The van der Waals surface area contributed by atoms with Crippen LogP contribution in [0.15, 0.2) is 18.2 Å². The lowest BCUT2D eigenvalue weighted by Crippen LogP contribution is -2.37. The molecule has 2 amide bonds. The topological polar surface area (TPSA) is 58.6 Å². The van der Waals surface area contributed by atoms with Gasteiger partial charge in [0.1, 0.15) is 5.75 Å². The van der Waals surface area contributed by atoms with E-state index >= 15 is 0 Å². The average Bonchev–Trinajstić information content (AvgIpc) is 2.79. The van der Waals surface area contributed by atoms with Crippen LogP contribution in [0.2, 0.25) is 0 Å². The molecule has 1 aromatic rings. The predicted molar refractivity (Wildman–Crippen MR) is 92.2 cm³/mol. The summed E-state index contributed by atoms with van der Waals surface area (Å²) in [5.41, 5.74) is 1.04. The van der Waals surface area contributed by atoms with Gasteiger partial charge in [-0.2, -0.15) is 11.8 Å². The minimum atomic E-state index is -0.215. The van der Waals surface area contributed by atoms with Gasteiger partial charge in [0.15, 0.2) is 6.61 Å². The van der Waals surface area contributed by atoms with Crippen LogP contribution in [0.25, 0.3) is 0 Å². The normalized spacial score (nSPS) is 21.0. The minimum absolute atomic E-state index is 0.00354. The van der Waals surface area contributed by atoms with Gasteiger partial charge in [-0.25, -0.2) is 0 Å². The van der Waals surface area contributed by atoms with Crippen molar-refractivity contribution in [3.63, 3.8) is 0 Å². The zero-order chi connectivity index (χ0) is 16.2. The van der Waals surface area contributed by atoms with Crippen LogP contribution >= 0.6 is 11.8 Å². The number of fused-ring (bicyclic) bond motifs is 1. The van der Waals surface area contributed by atoms with Crippen molar-refractivity contribution >= 4 is 29.3 Å². The van der Waals surface area contributed by atoms with Crippen molar-refractivity contribution in [1.29, 1.82) is 0 Å². The molecule has 2 aliphatic heterocycles. The standard InChI is InChI=1S/C17H22N2O3S/c1-2-23-12-6-3-4-9-19(10-12)17(21)13-7-5-8-14-16(13)18-15(20)11-22-14/h5,7-8,12H,2-4,6,9-11H2,1H3,(H,18,20). The zero-order valence-corrected chi connectivity index (χ0v) is 14.2. The van der Waals surface area contributed by atoms with E-state index in [1.54, 1.807) is 18.2 Å². The van der Waals surface area contributed by atoms with E-state index in [9.17, 15) is 9.59 Å². The smallest absolute Gasteiger partial charge is 0.262 e. The summed E-state index contributed by atoms with van der Waals surface area (Å²) in [4.78, 5) is 26.5. The lowest BCUT2D eigenvalue weighted by atomic mass is 10.1. The van der Waals surface area contributed by atoms with E-state index in [0.29, 0.717) is 22.3 Å². The average molecular weight is 334 g/mol. The van der Waals surface area contributed by atoms with E-state index < -0.39 is 0 Å². The van der Waals surface area contributed by atoms with Gasteiger partial charge in [-0.15, -0.1) is 0 Å². The Hall–Kier alpha value is -1.69. The largest absolute Gasteiger partial charge is 0.482 e. The highest BCUT2D eigenvalue weighted by Gasteiger charge is 2.27. The van der Waals surface area contributed by atoms with Crippen LogP contribution in [0.5, 0.6) is 5.75 Å². The fraction of sp³-hybridized carbons (Fsp3) is 0.529. The third-order valence-electron chi connectivity index (χ3n) is 4.20. The molecule has 6 heteroatoms. The van der Waals surface area contributed by atoms with Crippen LogP contribution in [0.3, 0.4) is 0 Å². The Bertz CT molecular complexity index is 606. The van der Waals surface area contributed by atoms with Crippen molar-refractivity contribution in [2.45, 2.75) is 31.4 Å². The molecule has 1 atom stereocenters. The summed E-state index contributed by atoms with van der Waals surface area (Å²) in [7, 11) is 0. The Morgan fingerprint density at radius 1 is 1.43 bits per heavy atom. The Kier molecular flexibility index (Phi) is 5.10. The van der Waals surface area contributed by atoms with E-state index in [4.69, 9.17) is 4.74 Å². The Labute approximate surface area is 140 Å². The molecule has 124 valence electrons. The molecule has 23 heavy (non-hydrogen) atoms. The number of amides is 2. The van der Waals surface area contributed by atoms with Crippen molar-refractivity contribution in [2.75, 3.05) is 30.8 Å². The van der Waals surface area contributed by atoms with Crippen molar-refractivity contribution in [1.82, 2.24) is 4.90 Å². The first-order chi connectivity index (χ1) is 11.2. The highest BCUT2D eigenvalue weighted by molar-refractivity contribution is 7.99. The van der Waals surface area contributed by atoms with Gasteiger partial charge < -0.3 is 15.0 Å². The van der Waals surface area contributed by atoms with Crippen molar-refractivity contribution in [3.05, 3.63) is 23.8 Å². The summed E-state index contributed by atoms with van der Waals surface area (Å²) in [6, 6.07) is 5.35. The second kappa shape index (κ2) is 7.25. The summed E-state index contributed by atoms with van der Waals surface area (Å²) in [5.74, 6) is 1.41. The first-order valence-corrected chi connectivity index (χ1v) is 9.20. The van der Waals surface area contributed by atoms with Gasteiger partial charge in [0, 0.05) is 18.3 Å². The molecule has 0 bridgehead atoms. The van der Waals surface area contributed by atoms with E-state index in [-0.39, 0.29) is 18.4 Å². The molecule has 5 nitrogen and oxygen atoms in total. The second-order valence-electron chi connectivity index (χ2n) is 5.84. The highest BCUT2D eigenvalue weighted by atomic mass is 32.2. The van der Waals surface area contributed by atoms with E-state index in [1.807, 2.05) is 16.7 Å². The summed E-state index contributed by atoms with van der Waals surface area (Å²) in [6.07, 6.45) is 3.35. The van der Waals surface area contributed by atoms with E-state index in [1.165, 1.54) is 0 Å². The Balaban J connectivity index is 1.83. The highest BCUT2D eigenvalue weighted by Crippen LogP contribution is 2.32. The number of hydrogen-bond acceptors (Lipinski definition) is 4. The van der Waals surface area contributed by atoms with Crippen molar-refractivity contribution in [2.24, 2.45) is 0 Å². The summed E-state index contributed by atoms with van der Waals surface area (Å²) in [5, 5.41) is 3.28. The number of hydrogen-bond donors (Lipinski definition) is 1. The molecular formula is C17H22N2O3S. The second-order valence-corrected chi connectivity index (χ2v) is 7.42. The number of rotatable bonds is 3. The van der Waals surface area contributed by atoms with Crippen LogP contribution in [-0.4, -0.2) is 47.4 Å². The predicted octanol–water partition coefficient (Wildman–Crippen LogP) is 2.77. The number of benzene rings is 1. The molecule has 1 N–H and O–H groups in total. The quantitative estimate of drug-likeness (QED) is 0.923. The SMILES string of the molecule is CCSC1CCCCN(C(=O)c2cccc3c2NC(=O)CO3)C1. The molecule has 0 radical (unpaired) electrons. The number of carbonyl (C=O) groups excluding carboxylic acids is 2. The lowest BCUT2D eigenvalue weighted by Gasteiger charge is -2.26. The van der Waals surface area contributed by atoms with E-state index in [0.717, 1.165) is 38.1 Å². The summed E-state index contributed by atoms with van der Waals surface area (Å²) < 4.78 is 5.41. The first-order valence-electron chi connectivity index (χ1n) is 8.15. The number of thioether (sulfide) groups is 1. The molecule has 0 aromatic heterocycles. The van der Waals surface area contributed by atoms with Crippen LogP contribution in [-0.2, 0) is 4.79 Å². The maximum absolute atomic E-state index is 13.0. The van der Waals surface area contributed by atoms with E-state index in [2.05, 4.69) is 12.2 Å². The van der Waals surface area contributed by atoms with Crippen LogP contribution in [0, 0.1) is 0 Å². The van der Waals surface area contributed by atoms with Crippen molar-refractivity contribution < 1.29 is 14.3 Å². The summed E-state index contributed by atoms with van der Waals surface area (Å²) >= 11 is 1.92. The van der Waals surface area contributed by atoms with Gasteiger partial charge >= 0.3 is 0 Å². The fourth-order valence-electron chi connectivity index (χ4n) is 3.11. The number of para-hydroxylation sites is 1. The Morgan fingerprint density at radius 3 is 3.13 bits per heavy atom. The number of nitrogens with zero attached hydrogens (tertiary/aromatic N) is 1. The molecule has 0 saturated carbocycles. The molecule has 2 heterocycles. The molecule has 1 aromatic carbocycles. The molecule has 1 fully saturated rings. The van der Waals surface area contributed by atoms with Crippen LogP contribution < -0.4 is 10.1 Å². The Morgan fingerprint density at radius 2 is 2.30 bits per heavy atom. The third-order valence-corrected chi connectivity index (χ3v) is 5.39. The first kappa shape index (κ1) is 16.2. The number of anilines is 1. The maximum Gasteiger partial charge on any atom is 0.262 e.